The lowest BCUT2D eigenvalue weighted by molar-refractivity contribution is -0.146. The van der Waals surface area contributed by atoms with Crippen molar-refractivity contribution < 1.29 is 28.5 Å². The first kappa shape index (κ1) is 54.8. The lowest BCUT2D eigenvalue weighted by Gasteiger charge is -2.26. The Morgan fingerprint density at radius 2 is 0.810 bits per heavy atom. The van der Waals surface area contributed by atoms with Gasteiger partial charge in [0.25, 0.3) is 0 Å². The van der Waals surface area contributed by atoms with Crippen LogP contribution < -0.4 is 0 Å². The summed E-state index contributed by atoms with van der Waals surface area (Å²) in [5.74, 6) is 1.06. The van der Waals surface area contributed by atoms with Crippen LogP contribution in [0.25, 0.3) is 0 Å². The van der Waals surface area contributed by atoms with Gasteiger partial charge in [-0.05, 0) is 82.6 Å². The summed E-state index contributed by atoms with van der Waals surface area (Å²) in [5.41, 5.74) is 0. The van der Waals surface area contributed by atoms with E-state index in [0.29, 0.717) is 44.0 Å². The van der Waals surface area contributed by atoms with E-state index in [-0.39, 0.29) is 11.9 Å². The lowest BCUT2D eigenvalue weighted by atomic mass is 9.92. The van der Waals surface area contributed by atoms with Crippen LogP contribution in [-0.2, 0) is 28.5 Å². The smallest absolute Gasteiger partial charge is 0.306 e. The average Bonchev–Trinajstić information content (AvgIpc) is 3.22. The van der Waals surface area contributed by atoms with Gasteiger partial charge in [-0.3, -0.25) is 14.5 Å². The second-order valence-corrected chi connectivity index (χ2v) is 18.0. The Hall–Kier alpha value is -1.18. The summed E-state index contributed by atoms with van der Waals surface area (Å²) in [6, 6.07) is 0. The van der Waals surface area contributed by atoms with Gasteiger partial charge in [-0.15, -0.1) is 0 Å². The van der Waals surface area contributed by atoms with Crippen LogP contribution >= 0.6 is 0 Å². The number of ether oxygens (including phenoxy) is 4. The van der Waals surface area contributed by atoms with Crippen molar-refractivity contribution in [3.63, 3.8) is 0 Å². The van der Waals surface area contributed by atoms with Crippen LogP contribution in [0.5, 0.6) is 0 Å². The van der Waals surface area contributed by atoms with Crippen molar-refractivity contribution in [3.05, 3.63) is 0 Å². The monoisotopic (exact) mass is 822 g/mol. The van der Waals surface area contributed by atoms with E-state index in [2.05, 4.69) is 32.6 Å². The summed E-state index contributed by atoms with van der Waals surface area (Å²) in [5, 5.41) is 0. The van der Waals surface area contributed by atoms with Crippen LogP contribution in [-0.4, -0.2) is 75.6 Å². The van der Waals surface area contributed by atoms with E-state index in [1.165, 1.54) is 173 Å². The van der Waals surface area contributed by atoms with Gasteiger partial charge in [-0.1, -0.05) is 169 Å². The minimum absolute atomic E-state index is 0.0255. The fourth-order valence-electron chi connectivity index (χ4n) is 8.58. The fraction of sp³-hybridized carbons (Fsp3) is 0.961. The first-order valence-corrected chi connectivity index (χ1v) is 25.7. The number of esters is 2. The molecule has 0 aliphatic carbocycles. The number of hydrogen-bond donors (Lipinski definition) is 0. The van der Waals surface area contributed by atoms with E-state index in [0.717, 1.165) is 71.6 Å². The molecule has 7 heteroatoms. The van der Waals surface area contributed by atoms with E-state index in [4.69, 9.17) is 18.9 Å². The number of carbonyl (C=O) groups excluding carboxylic acids is 2. The van der Waals surface area contributed by atoms with E-state index in [1.807, 2.05) is 0 Å². The van der Waals surface area contributed by atoms with Gasteiger partial charge in [0.05, 0.1) is 32.5 Å². The summed E-state index contributed by atoms with van der Waals surface area (Å²) in [6.45, 7) is 16.1. The number of carbonyl (C=O) groups is 2. The zero-order chi connectivity index (χ0) is 42.0. The van der Waals surface area contributed by atoms with E-state index < -0.39 is 0 Å². The Labute approximate surface area is 361 Å². The minimum atomic E-state index is 0.0255. The van der Waals surface area contributed by atoms with Crippen LogP contribution in [0.4, 0.5) is 0 Å². The molecule has 0 atom stereocenters. The summed E-state index contributed by atoms with van der Waals surface area (Å²) >= 11 is 0. The number of hydrogen-bond acceptors (Lipinski definition) is 7. The molecule has 0 amide bonds. The molecule has 1 aliphatic rings. The highest BCUT2D eigenvalue weighted by molar-refractivity contribution is 5.70. The molecular formula is C51H99NO6. The molecule has 0 N–H and O–H groups in total. The molecule has 7 nitrogen and oxygen atoms in total. The van der Waals surface area contributed by atoms with Crippen LogP contribution in [0.3, 0.4) is 0 Å². The second kappa shape index (κ2) is 42.5. The highest BCUT2D eigenvalue weighted by Gasteiger charge is 2.17. The van der Waals surface area contributed by atoms with Crippen molar-refractivity contribution in [1.29, 1.82) is 0 Å². The Kier molecular flexibility index (Phi) is 40.2. The lowest BCUT2D eigenvalue weighted by Crippen LogP contribution is -2.36. The van der Waals surface area contributed by atoms with Crippen LogP contribution in [0, 0.1) is 11.8 Å². The maximum atomic E-state index is 12.6. The molecule has 0 aromatic rings. The Morgan fingerprint density at radius 1 is 0.448 bits per heavy atom. The molecule has 0 saturated carbocycles. The average molecular weight is 822 g/mol. The van der Waals surface area contributed by atoms with Crippen molar-refractivity contribution in [2.45, 2.75) is 252 Å². The number of unbranched alkanes of at least 4 members (excludes halogenated alkanes) is 19. The molecule has 1 heterocycles. The molecule has 0 bridgehead atoms. The van der Waals surface area contributed by atoms with Crippen molar-refractivity contribution in [2.75, 3.05) is 52.7 Å². The van der Waals surface area contributed by atoms with Crippen molar-refractivity contribution >= 4 is 11.9 Å². The standard InChI is InChI=1S/C51H99NO6/c1-5-9-21-31-47(32-22-10-6-2)45-50(53)57-41-28-19-15-13-17-25-35-49(56-40-30-27-37-52-38-43-55-44-39-52)36-26-18-14-16-20-29-42-58-51(54)46-48(33-23-11-7-3)34-24-12-8-4/h47-49H,5-46H2,1-4H3. The number of morpholine rings is 1. The Balaban J connectivity index is 2.25. The molecule has 0 radical (unpaired) electrons. The number of rotatable bonds is 44. The van der Waals surface area contributed by atoms with Crippen molar-refractivity contribution in [1.82, 2.24) is 4.90 Å². The first-order valence-electron chi connectivity index (χ1n) is 25.7. The predicted molar refractivity (Wildman–Crippen MR) is 246 cm³/mol. The largest absolute Gasteiger partial charge is 0.466 e. The van der Waals surface area contributed by atoms with Gasteiger partial charge in [-0.2, -0.15) is 0 Å². The van der Waals surface area contributed by atoms with Gasteiger partial charge >= 0.3 is 11.9 Å². The highest BCUT2D eigenvalue weighted by atomic mass is 16.5. The van der Waals surface area contributed by atoms with E-state index >= 15 is 0 Å². The number of nitrogens with zero attached hydrogens (tertiary/aromatic N) is 1. The zero-order valence-corrected chi connectivity index (χ0v) is 39.3. The highest BCUT2D eigenvalue weighted by Crippen LogP contribution is 2.23. The Bertz CT molecular complexity index is 803. The summed E-state index contributed by atoms with van der Waals surface area (Å²) in [6.07, 6.45) is 40.2. The third-order valence-corrected chi connectivity index (χ3v) is 12.5. The molecule has 1 aliphatic heterocycles. The molecule has 0 unspecified atom stereocenters. The molecule has 0 spiro atoms. The molecule has 1 fully saturated rings. The summed E-state index contributed by atoms with van der Waals surface area (Å²) < 4.78 is 23.4. The topological polar surface area (TPSA) is 74.3 Å². The molecule has 58 heavy (non-hydrogen) atoms. The van der Waals surface area contributed by atoms with Gasteiger partial charge in [0.15, 0.2) is 0 Å². The normalized spacial score (nSPS) is 13.6. The van der Waals surface area contributed by atoms with Gasteiger partial charge in [0.1, 0.15) is 0 Å². The van der Waals surface area contributed by atoms with Gasteiger partial charge < -0.3 is 18.9 Å². The molecule has 1 saturated heterocycles. The summed E-state index contributed by atoms with van der Waals surface area (Å²) in [4.78, 5) is 27.6. The molecule has 0 aromatic carbocycles. The predicted octanol–water partition coefficient (Wildman–Crippen LogP) is 14.4. The minimum Gasteiger partial charge on any atom is -0.466 e. The maximum absolute atomic E-state index is 12.6. The maximum Gasteiger partial charge on any atom is 0.306 e. The molecule has 344 valence electrons. The molecule has 0 aromatic heterocycles. The Morgan fingerprint density at radius 3 is 1.22 bits per heavy atom. The van der Waals surface area contributed by atoms with Gasteiger partial charge in [0.2, 0.25) is 0 Å². The van der Waals surface area contributed by atoms with Crippen LogP contribution in [0.2, 0.25) is 0 Å². The zero-order valence-electron chi connectivity index (χ0n) is 39.3. The van der Waals surface area contributed by atoms with Crippen LogP contribution in [0.1, 0.15) is 246 Å². The second-order valence-electron chi connectivity index (χ2n) is 18.0. The van der Waals surface area contributed by atoms with Crippen molar-refractivity contribution in [2.24, 2.45) is 11.8 Å². The third-order valence-electron chi connectivity index (χ3n) is 12.5. The summed E-state index contributed by atoms with van der Waals surface area (Å²) in [7, 11) is 0. The van der Waals surface area contributed by atoms with E-state index in [1.54, 1.807) is 0 Å². The van der Waals surface area contributed by atoms with E-state index in [9.17, 15) is 9.59 Å². The SMILES string of the molecule is CCCCCC(CCCCC)CC(=O)OCCCCCCCCC(CCCCCCCCOC(=O)CC(CCCCC)CCCCC)OCCCCN1CCOCC1. The fourth-order valence-corrected chi connectivity index (χ4v) is 8.58. The van der Waals surface area contributed by atoms with Crippen LogP contribution in [0.15, 0.2) is 0 Å². The third kappa shape index (κ3) is 35.6. The van der Waals surface area contributed by atoms with Crippen molar-refractivity contribution in [3.8, 4) is 0 Å². The quantitative estimate of drug-likeness (QED) is 0.0447. The van der Waals surface area contributed by atoms with Gasteiger partial charge in [0, 0.05) is 32.5 Å². The molecule has 1 rings (SSSR count). The van der Waals surface area contributed by atoms with Gasteiger partial charge in [-0.25, -0.2) is 0 Å². The molecular weight excluding hydrogens is 723 g/mol. The first-order chi connectivity index (χ1) is 28.5.